The van der Waals surface area contributed by atoms with Crippen molar-refractivity contribution in [1.29, 1.82) is 0 Å². The van der Waals surface area contributed by atoms with Gasteiger partial charge in [0.15, 0.2) is 0 Å². The highest BCUT2D eigenvalue weighted by molar-refractivity contribution is 5.91. The Labute approximate surface area is 163 Å². The first-order chi connectivity index (χ1) is 13.0. The highest BCUT2D eigenvalue weighted by atomic mass is 16.6. The number of carboxylic acid groups (broad SMARTS) is 1. The van der Waals surface area contributed by atoms with Gasteiger partial charge in [-0.3, -0.25) is 9.59 Å². The van der Waals surface area contributed by atoms with E-state index in [2.05, 4.69) is 15.4 Å². The van der Waals surface area contributed by atoms with Crippen LogP contribution in [0.3, 0.4) is 0 Å². The molecule has 9 nitrogen and oxygen atoms in total. The molecule has 28 heavy (non-hydrogen) atoms. The summed E-state index contributed by atoms with van der Waals surface area (Å²) in [5, 5.41) is 13.9. The third-order valence-electron chi connectivity index (χ3n) is 3.40. The van der Waals surface area contributed by atoms with Gasteiger partial charge in [0, 0.05) is 12.1 Å². The van der Waals surface area contributed by atoms with Crippen LogP contribution in [0.1, 0.15) is 39.2 Å². The van der Waals surface area contributed by atoms with Crippen molar-refractivity contribution in [2.75, 3.05) is 12.4 Å². The third kappa shape index (κ3) is 9.02. The molecule has 0 aliphatic rings. The normalized spacial score (nSPS) is 11.9. The molecule has 2 amide bonds. The second-order valence-electron chi connectivity index (χ2n) is 7.08. The maximum absolute atomic E-state index is 12.2. The molecule has 0 radical (unpaired) electrons. The quantitative estimate of drug-likeness (QED) is 0.575. The molecule has 0 spiro atoms. The van der Waals surface area contributed by atoms with Crippen LogP contribution in [-0.2, 0) is 30.3 Å². The molecule has 0 aliphatic heterocycles. The van der Waals surface area contributed by atoms with E-state index in [4.69, 9.17) is 9.84 Å². The lowest BCUT2D eigenvalue weighted by atomic mass is 10.1. The van der Waals surface area contributed by atoms with Crippen LogP contribution in [0.15, 0.2) is 24.3 Å². The van der Waals surface area contributed by atoms with Gasteiger partial charge in [0.1, 0.15) is 11.6 Å². The summed E-state index contributed by atoms with van der Waals surface area (Å²) in [4.78, 5) is 46.6. The van der Waals surface area contributed by atoms with Gasteiger partial charge in [-0.05, 0) is 44.9 Å². The molecule has 0 saturated heterocycles. The number of aliphatic carboxylic acids is 1. The summed E-state index contributed by atoms with van der Waals surface area (Å²) >= 11 is 0. The molecular formula is C19H26N2O7. The molecule has 9 heteroatoms. The molecule has 0 unspecified atom stereocenters. The molecule has 1 rings (SSSR count). The molecule has 1 aromatic rings. The first-order valence-electron chi connectivity index (χ1n) is 8.68. The topological polar surface area (TPSA) is 131 Å². The smallest absolute Gasteiger partial charge is 0.408 e. The highest BCUT2D eigenvalue weighted by Crippen LogP contribution is 2.13. The van der Waals surface area contributed by atoms with Gasteiger partial charge in [-0.1, -0.05) is 12.1 Å². The van der Waals surface area contributed by atoms with E-state index in [1.165, 1.54) is 7.11 Å². The number of anilines is 1. The van der Waals surface area contributed by atoms with Crippen LogP contribution in [0.5, 0.6) is 0 Å². The highest BCUT2D eigenvalue weighted by Gasteiger charge is 2.25. The molecule has 0 bridgehead atoms. The minimum atomic E-state index is -1.04. The van der Waals surface area contributed by atoms with E-state index < -0.39 is 35.6 Å². The van der Waals surface area contributed by atoms with Crippen molar-refractivity contribution in [3.05, 3.63) is 29.8 Å². The van der Waals surface area contributed by atoms with Crippen molar-refractivity contribution in [3.63, 3.8) is 0 Å². The SMILES string of the molecule is COC(=O)[C@H](CCC(=O)Nc1cccc(CC(=O)O)c1)NC(=O)OC(C)(C)C. The number of ether oxygens (including phenoxy) is 2. The summed E-state index contributed by atoms with van der Waals surface area (Å²) in [6.45, 7) is 5.06. The van der Waals surface area contributed by atoms with Gasteiger partial charge < -0.3 is 25.2 Å². The molecule has 0 saturated carbocycles. The van der Waals surface area contributed by atoms with Crippen LogP contribution in [0.4, 0.5) is 10.5 Å². The zero-order chi connectivity index (χ0) is 21.3. The molecule has 1 aromatic carbocycles. The number of rotatable bonds is 8. The minimum absolute atomic E-state index is 0.00651. The second-order valence-corrected chi connectivity index (χ2v) is 7.08. The van der Waals surface area contributed by atoms with Crippen LogP contribution in [0, 0.1) is 0 Å². The number of benzene rings is 1. The molecule has 0 aliphatic carbocycles. The van der Waals surface area contributed by atoms with Crippen LogP contribution in [-0.4, -0.2) is 47.8 Å². The minimum Gasteiger partial charge on any atom is -0.481 e. The fourth-order valence-electron chi connectivity index (χ4n) is 2.27. The van der Waals surface area contributed by atoms with Gasteiger partial charge in [0.2, 0.25) is 5.91 Å². The molecular weight excluding hydrogens is 368 g/mol. The van der Waals surface area contributed by atoms with E-state index in [0.29, 0.717) is 11.3 Å². The fraction of sp³-hybridized carbons (Fsp3) is 0.474. The number of hydrogen-bond acceptors (Lipinski definition) is 6. The van der Waals surface area contributed by atoms with E-state index in [0.717, 1.165) is 0 Å². The van der Waals surface area contributed by atoms with E-state index >= 15 is 0 Å². The summed E-state index contributed by atoms with van der Waals surface area (Å²) in [6, 6.07) is 5.42. The zero-order valence-electron chi connectivity index (χ0n) is 16.4. The predicted octanol–water partition coefficient (Wildman–Crippen LogP) is 2.10. The number of carboxylic acids is 1. The summed E-state index contributed by atoms with van der Waals surface area (Å²) in [6.07, 6.45) is -1.01. The van der Waals surface area contributed by atoms with E-state index in [1.807, 2.05) is 0 Å². The third-order valence-corrected chi connectivity index (χ3v) is 3.40. The summed E-state index contributed by atoms with van der Waals surface area (Å²) < 4.78 is 9.75. The van der Waals surface area contributed by atoms with E-state index in [9.17, 15) is 19.2 Å². The van der Waals surface area contributed by atoms with Crippen LogP contribution in [0.2, 0.25) is 0 Å². The monoisotopic (exact) mass is 394 g/mol. The van der Waals surface area contributed by atoms with Crippen molar-refractivity contribution in [1.82, 2.24) is 5.32 Å². The van der Waals surface area contributed by atoms with E-state index in [-0.39, 0.29) is 19.3 Å². The molecule has 0 aromatic heterocycles. The number of nitrogens with one attached hydrogen (secondary N) is 2. The Morgan fingerprint density at radius 2 is 1.86 bits per heavy atom. The fourth-order valence-corrected chi connectivity index (χ4v) is 2.27. The number of hydrogen-bond donors (Lipinski definition) is 3. The zero-order valence-corrected chi connectivity index (χ0v) is 16.4. The Balaban J connectivity index is 2.64. The van der Waals surface area contributed by atoms with Crippen LogP contribution >= 0.6 is 0 Å². The Hall–Kier alpha value is -3.10. The van der Waals surface area contributed by atoms with Crippen molar-refractivity contribution in [2.45, 2.75) is 51.7 Å². The summed E-state index contributed by atoms with van der Waals surface area (Å²) in [7, 11) is 1.18. The number of methoxy groups -OCH3 is 1. The molecule has 0 heterocycles. The molecule has 0 fully saturated rings. The van der Waals surface area contributed by atoms with Crippen LogP contribution in [0.25, 0.3) is 0 Å². The lowest BCUT2D eigenvalue weighted by Gasteiger charge is -2.22. The van der Waals surface area contributed by atoms with Gasteiger partial charge >= 0.3 is 18.0 Å². The Kier molecular flexibility index (Phi) is 8.43. The number of esters is 1. The number of carbonyl (C=O) groups is 4. The molecule has 1 atom stereocenters. The summed E-state index contributed by atoms with van der Waals surface area (Å²) in [5.41, 5.74) is 0.256. The predicted molar refractivity (Wildman–Crippen MR) is 101 cm³/mol. The van der Waals surface area contributed by atoms with Gasteiger partial charge in [0.25, 0.3) is 0 Å². The Morgan fingerprint density at radius 1 is 1.18 bits per heavy atom. The maximum Gasteiger partial charge on any atom is 0.408 e. The van der Waals surface area contributed by atoms with Gasteiger partial charge in [0.05, 0.1) is 13.5 Å². The van der Waals surface area contributed by atoms with Crippen LogP contribution < -0.4 is 10.6 Å². The Bertz CT molecular complexity index is 725. The van der Waals surface area contributed by atoms with E-state index in [1.54, 1.807) is 45.0 Å². The van der Waals surface area contributed by atoms with Crippen molar-refractivity contribution in [2.24, 2.45) is 0 Å². The van der Waals surface area contributed by atoms with Gasteiger partial charge in [-0.2, -0.15) is 0 Å². The average Bonchev–Trinajstić information content (AvgIpc) is 2.56. The van der Waals surface area contributed by atoms with Crippen molar-refractivity contribution < 1.29 is 33.8 Å². The lowest BCUT2D eigenvalue weighted by molar-refractivity contribution is -0.143. The van der Waals surface area contributed by atoms with Gasteiger partial charge in [-0.15, -0.1) is 0 Å². The number of amides is 2. The first-order valence-corrected chi connectivity index (χ1v) is 8.68. The number of carbonyl (C=O) groups excluding carboxylic acids is 3. The largest absolute Gasteiger partial charge is 0.481 e. The summed E-state index contributed by atoms with van der Waals surface area (Å²) in [5.74, 6) is -2.06. The average molecular weight is 394 g/mol. The van der Waals surface area contributed by atoms with Gasteiger partial charge in [-0.25, -0.2) is 9.59 Å². The molecule has 3 N–H and O–H groups in total. The Morgan fingerprint density at radius 3 is 2.43 bits per heavy atom. The number of alkyl carbamates (subject to hydrolysis) is 1. The van der Waals surface area contributed by atoms with Crippen molar-refractivity contribution in [3.8, 4) is 0 Å². The maximum atomic E-state index is 12.2. The van der Waals surface area contributed by atoms with Crippen molar-refractivity contribution >= 4 is 29.6 Å². The first kappa shape index (κ1) is 22.9. The molecule has 154 valence electrons. The second kappa shape index (κ2) is 10.3. The lowest BCUT2D eigenvalue weighted by Crippen LogP contribution is -2.44. The standard InChI is InChI=1S/C19H26N2O7/c1-19(2,3)28-18(26)21-14(17(25)27-4)8-9-15(22)20-13-7-5-6-12(10-13)11-16(23)24/h5-7,10,14H,8-9,11H2,1-4H3,(H,20,22)(H,21,26)(H,23,24)/t14-/m0/s1.